The van der Waals surface area contributed by atoms with Crippen molar-refractivity contribution >= 4 is 23.4 Å². The number of benzene rings is 1. The highest BCUT2D eigenvalue weighted by Crippen LogP contribution is 2.24. The molecule has 0 spiro atoms. The van der Waals surface area contributed by atoms with Crippen LogP contribution in [0.25, 0.3) is 0 Å². The Bertz CT molecular complexity index is 902. The third-order valence-corrected chi connectivity index (χ3v) is 4.70. The van der Waals surface area contributed by atoms with Crippen molar-refractivity contribution in [2.45, 2.75) is 24.1 Å². The standard InChI is InChI=1S/C18H16ClFN4OS/c1-2-9-24-17(11-25-15-6-4-3-5-14(15)20)22-23-18(24)26-12-13-7-8-21-16(19)10-13/h2-8,10H,1,9,11-12H2. The SMILES string of the molecule is C=CCn1c(COc2ccccc2F)nnc1SCc1ccnc(Cl)c1. The molecule has 0 unspecified atom stereocenters. The van der Waals surface area contributed by atoms with E-state index >= 15 is 0 Å². The van der Waals surface area contributed by atoms with Gasteiger partial charge in [-0.05, 0) is 29.8 Å². The van der Waals surface area contributed by atoms with Gasteiger partial charge in [0.05, 0.1) is 0 Å². The van der Waals surface area contributed by atoms with E-state index in [2.05, 4.69) is 21.8 Å². The fourth-order valence-electron chi connectivity index (χ4n) is 2.23. The van der Waals surface area contributed by atoms with E-state index in [4.69, 9.17) is 16.3 Å². The predicted molar refractivity (Wildman–Crippen MR) is 99.8 cm³/mol. The van der Waals surface area contributed by atoms with Gasteiger partial charge in [0.2, 0.25) is 0 Å². The molecule has 3 aromatic rings. The average Bonchev–Trinajstić information content (AvgIpc) is 3.02. The van der Waals surface area contributed by atoms with E-state index in [0.29, 0.717) is 23.3 Å². The highest BCUT2D eigenvalue weighted by Gasteiger charge is 2.13. The fourth-order valence-corrected chi connectivity index (χ4v) is 3.34. The number of para-hydroxylation sites is 1. The molecule has 26 heavy (non-hydrogen) atoms. The summed E-state index contributed by atoms with van der Waals surface area (Å²) in [6.07, 6.45) is 3.42. The monoisotopic (exact) mass is 390 g/mol. The number of rotatable bonds is 8. The van der Waals surface area contributed by atoms with Gasteiger partial charge in [-0.1, -0.05) is 41.6 Å². The highest BCUT2D eigenvalue weighted by molar-refractivity contribution is 7.98. The van der Waals surface area contributed by atoms with E-state index in [1.807, 2.05) is 16.7 Å². The first-order valence-corrected chi connectivity index (χ1v) is 9.17. The number of allylic oxidation sites excluding steroid dienone is 1. The second kappa shape index (κ2) is 8.82. The van der Waals surface area contributed by atoms with Crippen molar-refractivity contribution in [1.29, 1.82) is 0 Å². The van der Waals surface area contributed by atoms with Gasteiger partial charge in [0.15, 0.2) is 22.5 Å². The number of halogens is 2. The van der Waals surface area contributed by atoms with Crippen LogP contribution >= 0.6 is 23.4 Å². The van der Waals surface area contributed by atoms with E-state index in [-0.39, 0.29) is 12.4 Å². The van der Waals surface area contributed by atoms with Crippen molar-refractivity contribution in [3.8, 4) is 5.75 Å². The maximum Gasteiger partial charge on any atom is 0.191 e. The molecular formula is C18H16ClFN4OS. The van der Waals surface area contributed by atoms with E-state index in [1.54, 1.807) is 30.5 Å². The van der Waals surface area contributed by atoms with Crippen LogP contribution in [0.4, 0.5) is 4.39 Å². The van der Waals surface area contributed by atoms with Gasteiger partial charge in [-0.15, -0.1) is 16.8 Å². The van der Waals surface area contributed by atoms with Gasteiger partial charge < -0.3 is 4.74 Å². The lowest BCUT2D eigenvalue weighted by molar-refractivity contribution is 0.275. The molecule has 0 radical (unpaired) electrons. The number of pyridine rings is 1. The smallest absolute Gasteiger partial charge is 0.191 e. The van der Waals surface area contributed by atoms with Crippen molar-refractivity contribution in [3.63, 3.8) is 0 Å². The Morgan fingerprint density at radius 1 is 1.27 bits per heavy atom. The molecule has 0 atom stereocenters. The Labute approximate surface area is 159 Å². The summed E-state index contributed by atoms with van der Waals surface area (Å²) in [5.74, 6) is 1.04. The molecule has 3 rings (SSSR count). The van der Waals surface area contributed by atoms with Crippen LogP contribution in [0.5, 0.6) is 5.75 Å². The van der Waals surface area contributed by atoms with Crippen molar-refractivity contribution in [2.75, 3.05) is 0 Å². The summed E-state index contributed by atoms with van der Waals surface area (Å²) in [5.41, 5.74) is 1.03. The lowest BCUT2D eigenvalue weighted by Crippen LogP contribution is -2.08. The molecule has 2 aromatic heterocycles. The van der Waals surface area contributed by atoms with Crippen LogP contribution in [0, 0.1) is 5.82 Å². The van der Waals surface area contributed by atoms with Crippen LogP contribution < -0.4 is 4.74 Å². The molecule has 0 saturated carbocycles. The van der Waals surface area contributed by atoms with E-state index < -0.39 is 5.82 Å². The minimum absolute atomic E-state index is 0.115. The molecular weight excluding hydrogens is 375 g/mol. The molecule has 8 heteroatoms. The van der Waals surface area contributed by atoms with Crippen LogP contribution in [0.2, 0.25) is 5.15 Å². The van der Waals surface area contributed by atoms with Crippen LogP contribution in [-0.4, -0.2) is 19.7 Å². The molecule has 134 valence electrons. The second-order valence-electron chi connectivity index (χ2n) is 5.29. The van der Waals surface area contributed by atoms with Crippen molar-refractivity contribution < 1.29 is 9.13 Å². The van der Waals surface area contributed by atoms with Gasteiger partial charge in [-0.2, -0.15) is 0 Å². The molecule has 0 bridgehead atoms. The summed E-state index contributed by atoms with van der Waals surface area (Å²) >= 11 is 7.43. The summed E-state index contributed by atoms with van der Waals surface area (Å²) in [5, 5.41) is 9.56. The molecule has 5 nitrogen and oxygen atoms in total. The van der Waals surface area contributed by atoms with Gasteiger partial charge in [0.1, 0.15) is 11.8 Å². The summed E-state index contributed by atoms with van der Waals surface area (Å²) < 4.78 is 21.1. The van der Waals surface area contributed by atoms with Gasteiger partial charge in [0.25, 0.3) is 0 Å². The van der Waals surface area contributed by atoms with Crippen molar-refractivity contribution in [3.05, 3.63) is 77.6 Å². The summed E-state index contributed by atoms with van der Waals surface area (Å²) in [6.45, 7) is 4.41. The second-order valence-corrected chi connectivity index (χ2v) is 6.62. The topological polar surface area (TPSA) is 52.8 Å². The first-order valence-electron chi connectivity index (χ1n) is 7.81. The van der Waals surface area contributed by atoms with Gasteiger partial charge in [0, 0.05) is 18.5 Å². The molecule has 2 heterocycles. The van der Waals surface area contributed by atoms with Crippen LogP contribution in [0.15, 0.2) is 60.4 Å². The summed E-state index contributed by atoms with van der Waals surface area (Å²) in [6, 6.07) is 9.97. The zero-order chi connectivity index (χ0) is 18.4. The average molecular weight is 391 g/mol. The van der Waals surface area contributed by atoms with Gasteiger partial charge in [-0.3, -0.25) is 4.57 Å². The first kappa shape index (κ1) is 18.4. The number of ether oxygens (including phenoxy) is 1. The zero-order valence-corrected chi connectivity index (χ0v) is 15.4. The molecule has 0 aliphatic rings. The van der Waals surface area contributed by atoms with Crippen LogP contribution in [-0.2, 0) is 18.9 Å². The van der Waals surface area contributed by atoms with Crippen molar-refractivity contribution in [2.24, 2.45) is 0 Å². The first-order chi connectivity index (χ1) is 12.7. The fraction of sp³-hybridized carbons (Fsp3) is 0.167. The number of thioether (sulfide) groups is 1. The zero-order valence-electron chi connectivity index (χ0n) is 13.8. The van der Waals surface area contributed by atoms with Gasteiger partial charge in [-0.25, -0.2) is 9.37 Å². The molecule has 0 saturated heterocycles. The molecule has 0 aliphatic heterocycles. The number of hydrogen-bond donors (Lipinski definition) is 0. The third kappa shape index (κ3) is 4.62. The highest BCUT2D eigenvalue weighted by atomic mass is 35.5. The largest absolute Gasteiger partial charge is 0.483 e. The molecule has 0 fully saturated rings. The molecule has 1 aromatic carbocycles. The normalized spacial score (nSPS) is 10.7. The number of aromatic nitrogens is 4. The minimum Gasteiger partial charge on any atom is -0.483 e. The Morgan fingerprint density at radius 3 is 2.88 bits per heavy atom. The Hall–Kier alpha value is -2.38. The van der Waals surface area contributed by atoms with Crippen LogP contribution in [0.3, 0.4) is 0 Å². The third-order valence-electron chi connectivity index (χ3n) is 3.46. The van der Waals surface area contributed by atoms with E-state index in [9.17, 15) is 4.39 Å². The number of nitrogens with zero attached hydrogens (tertiary/aromatic N) is 4. The quantitative estimate of drug-likeness (QED) is 0.321. The van der Waals surface area contributed by atoms with E-state index in [0.717, 1.165) is 10.7 Å². The molecule has 0 amide bonds. The van der Waals surface area contributed by atoms with Gasteiger partial charge >= 0.3 is 0 Å². The Morgan fingerprint density at radius 2 is 2.12 bits per heavy atom. The number of hydrogen-bond acceptors (Lipinski definition) is 5. The Balaban J connectivity index is 1.71. The molecule has 0 aliphatic carbocycles. The predicted octanol–water partition coefficient (Wildman–Crippen LogP) is 4.52. The Kier molecular flexibility index (Phi) is 6.25. The van der Waals surface area contributed by atoms with Crippen molar-refractivity contribution in [1.82, 2.24) is 19.7 Å². The summed E-state index contributed by atoms with van der Waals surface area (Å²) in [4.78, 5) is 3.97. The lowest BCUT2D eigenvalue weighted by Gasteiger charge is -2.09. The maximum absolute atomic E-state index is 13.7. The minimum atomic E-state index is -0.411. The van der Waals surface area contributed by atoms with E-state index in [1.165, 1.54) is 17.8 Å². The summed E-state index contributed by atoms with van der Waals surface area (Å²) in [7, 11) is 0. The van der Waals surface area contributed by atoms with Crippen LogP contribution in [0.1, 0.15) is 11.4 Å². The lowest BCUT2D eigenvalue weighted by atomic mass is 10.3. The molecule has 0 N–H and O–H groups in total. The maximum atomic E-state index is 13.7.